The Morgan fingerprint density at radius 1 is 1.40 bits per heavy atom. The SMILES string of the molecule is CCn1c(C(=O)O)cc2ccc(O)cc21. The molecule has 15 heavy (non-hydrogen) atoms. The number of hydrogen-bond acceptors (Lipinski definition) is 2. The molecule has 1 heterocycles. The lowest BCUT2D eigenvalue weighted by atomic mass is 10.2. The Hall–Kier alpha value is -1.97. The van der Waals surface area contributed by atoms with Crippen LogP contribution in [0.5, 0.6) is 5.75 Å². The molecule has 2 rings (SSSR count). The van der Waals surface area contributed by atoms with E-state index in [-0.39, 0.29) is 11.4 Å². The molecule has 4 heteroatoms. The minimum absolute atomic E-state index is 0.146. The minimum Gasteiger partial charge on any atom is -0.508 e. The zero-order chi connectivity index (χ0) is 11.0. The molecular formula is C11H11NO3. The Morgan fingerprint density at radius 3 is 2.73 bits per heavy atom. The van der Waals surface area contributed by atoms with Crippen molar-refractivity contribution in [1.82, 2.24) is 4.57 Å². The van der Waals surface area contributed by atoms with E-state index in [4.69, 9.17) is 5.11 Å². The molecule has 0 bridgehead atoms. The first-order chi connectivity index (χ1) is 7.13. The number of carboxylic acids is 1. The number of fused-ring (bicyclic) bond motifs is 1. The van der Waals surface area contributed by atoms with E-state index in [1.807, 2.05) is 6.92 Å². The molecule has 2 N–H and O–H groups in total. The van der Waals surface area contributed by atoms with Crippen LogP contribution in [0.4, 0.5) is 0 Å². The van der Waals surface area contributed by atoms with Gasteiger partial charge in [-0.25, -0.2) is 4.79 Å². The minimum atomic E-state index is -0.951. The first-order valence-corrected chi connectivity index (χ1v) is 4.69. The van der Waals surface area contributed by atoms with Gasteiger partial charge in [0.05, 0.1) is 5.52 Å². The normalized spacial score (nSPS) is 10.7. The molecule has 0 amide bonds. The molecule has 0 saturated heterocycles. The Labute approximate surface area is 86.4 Å². The van der Waals surface area contributed by atoms with Crippen molar-refractivity contribution >= 4 is 16.9 Å². The molecule has 0 aliphatic rings. The fraction of sp³-hybridized carbons (Fsp3) is 0.182. The van der Waals surface area contributed by atoms with E-state index < -0.39 is 5.97 Å². The number of nitrogens with zero attached hydrogens (tertiary/aromatic N) is 1. The number of rotatable bonds is 2. The molecule has 1 aromatic carbocycles. The molecule has 0 fully saturated rings. The highest BCUT2D eigenvalue weighted by Crippen LogP contribution is 2.23. The summed E-state index contributed by atoms with van der Waals surface area (Å²) in [7, 11) is 0. The summed E-state index contributed by atoms with van der Waals surface area (Å²) in [4.78, 5) is 11.0. The van der Waals surface area contributed by atoms with E-state index in [0.29, 0.717) is 6.54 Å². The van der Waals surface area contributed by atoms with Crippen molar-refractivity contribution in [3.8, 4) is 5.75 Å². The third-order valence-electron chi connectivity index (χ3n) is 2.42. The number of carboxylic acid groups (broad SMARTS) is 1. The van der Waals surface area contributed by atoms with Gasteiger partial charge in [0.25, 0.3) is 0 Å². The van der Waals surface area contributed by atoms with E-state index >= 15 is 0 Å². The molecule has 4 nitrogen and oxygen atoms in total. The van der Waals surface area contributed by atoms with Crippen LogP contribution in [0.25, 0.3) is 10.9 Å². The van der Waals surface area contributed by atoms with E-state index in [9.17, 15) is 9.90 Å². The summed E-state index contributed by atoms with van der Waals surface area (Å²) in [6, 6.07) is 6.45. The molecule has 2 aromatic rings. The van der Waals surface area contributed by atoms with Crippen LogP contribution in [0, 0.1) is 0 Å². The van der Waals surface area contributed by atoms with Gasteiger partial charge in [0.2, 0.25) is 0 Å². The predicted molar refractivity (Wildman–Crippen MR) is 56.2 cm³/mol. The molecule has 0 aliphatic heterocycles. The maximum atomic E-state index is 11.0. The van der Waals surface area contributed by atoms with Crippen LogP contribution >= 0.6 is 0 Å². The van der Waals surface area contributed by atoms with Crippen LogP contribution in [0.15, 0.2) is 24.3 Å². The summed E-state index contributed by atoms with van der Waals surface area (Å²) in [5.74, 6) is -0.806. The third kappa shape index (κ3) is 1.44. The smallest absolute Gasteiger partial charge is 0.352 e. The summed E-state index contributed by atoms with van der Waals surface area (Å²) >= 11 is 0. The maximum absolute atomic E-state index is 11.0. The highest BCUT2D eigenvalue weighted by atomic mass is 16.4. The summed E-state index contributed by atoms with van der Waals surface area (Å²) in [6.07, 6.45) is 0. The van der Waals surface area contributed by atoms with E-state index in [2.05, 4.69) is 0 Å². The van der Waals surface area contributed by atoms with Crippen molar-refractivity contribution < 1.29 is 15.0 Å². The monoisotopic (exact) mass is 205 g/mol. The van der Waals surface area contributed by atoms with Crippen LogP contribution < -0.4 is 0 Å². The second-order valence-electron chi connectivity index (χ2n) is 3.32. The fourth-order valence-electron chi connectivity index (χ4n) is 1.76. The lowest BCUT2D eigenvalue weighted by molar-refractivity contribution is 0.0686. The largest absolute Gasteiger partial charge is 0.508 e. The molecule has 0 atom stereocenters. The van der Waals surface area contributed by atoms with Gasteiger partial charge in [-0.15, -0.1) is 0 Å². The van der Waals surface area contributed by atoms with Gasteiger partial charge in [-0.1, -0.05) is 0 Å². The fourth-order valence-corrected chi connectivity index (χ4v) is 1.76. The molecule has 0 saturated carbocycles. The van der Waals surface area contributed by atoms with Gasteiger partial charge in [0.15, 0.2) is 0 Å². The molecule has 1 aromatic heterocycles. The van der Waals surface area contributed by atoms with Gasteiger partial charge in [-0.2, -0.15) is 0 Å². The second kappa shape index (κ2) is 3.31. The van der Waals surface area contributed by atoms with Crippen LogP contribution in [-0.2, 0) is 6.54 Å². The van der Waals surface area contributed by atoms with E-state index in [1.54, 1.807) is 28.8 Å². The summed E-state index contributed by atoms with van der Waals surface area (Å²) in [6.45, 7) is 2.44. The number of carbonyl (C=O) groups is 1. The average molecular weight is 205 g/mol. The topological polar surface area (TPSA) is 62.5 Å². The van der Waals surface area contributed by atoms with E-state index in [1.165, 1.54) is 0 Å². The number of aromatic carboxylic acids is 1. The van der Waals surface area contributed by atoms with Crippen LogP contribution in [0.2, 0.25) is 0 Å². The van der Waals surface area contributed by atoms with Crippen molar-refractivity contribution in [2.45, 2.75) is 13.5 Å². The second-order valence-corrected chi connectivity index (χ2v) is 3.32. The van der Waals surface area contributed by atoms with Gasteiger partial charge < -0.3 is 14.8 Å². The summed E-state index contributed by atoms with van der Waals surface area (Å²) < 4.78 is 1.66. The molecule has 78 valence electrons. The van der Waals surface area contributed by atoms with Gasteiger partial charge in [0.1, 0.15) is 11.4 Å². The molecule has 0 radical (unpaired) electrons. The number of benzene rings is 1. The first kappa shape index (κ1) is 9.58. The molecular weight excluding hydrogens is 194 g/mol. The highest BCUT2D eigenvalue weighted by Gasteiger charge is 2.13. The van der Waals surface area contributed by atoms with Gasteiger partial charge in [0, 0.05) is 18.0 Å². The van der Waals surface area contributed by atoms with Crippen molar-refractivity contribution in [1.29, 1.82) is 0 Å². The number of aromatic hydroxyl groups is 1. The Bertz CT molecular complexity index is 528. The number of aromatic nitrogens is 1. The molecule has 0 unspecified atom stereocenters. The zero-order valence-electron chi connectivity index (χ0n) is 8.27. The Morgan fingerprint density at radius 2 is 2.13 bits per heavy atom. The van der Waals surface area contributed by atoms with Gasteiger partial charge in [-0.3, -0.25) is 0 Å². The predicted octanol–water partition coefficient (Wildman–Crippen LogP) is 2.06. The highest BCUT2D eigenvalue weighted by molar-refractivity contribution is 5.95. The van der Waals surface area contributed by atoms with Crippen molar-refractivity contribution in [3.05, 3.63) is 30.0 Å². The number of phenols is 1. The van der Waals surface area contributed by atoms with Crippen LogP contribution in [0.1, 0.15) is 17.4 Å². The van der Waals surface area contributed by atoms with E-state index in [0.717, 1.165) is 10.9 Å². The Balaban J connectivity index is 2.79. The standard InChI is InChI=1S/C11H11NO3/c1-2-12-9-6-8(13)4-3-7(9)5-10(12)11(14)15/h3-6,13H,2H2,1H3,(H,14,15). The summed E-state index contributed by atoms with van der Waals surface area (Å²) in [5, 5.41) is 19.1. The molecule has 0 spiro atoms. The van der Waals surface area contributed by atoms with Crippen molar-refractivity contribution in [3.63, 3.8) is 0 Å². The van der Waals surface area contributed by atoms with Crippen LogP contribution in [-0.4, -0.2) is 20.7 Å². The lowest BCUT2D eigenvalue weighted by Gasteiger charge is -2.03. The molecule has 0 aliphatic carbocycles. The Kier molecular flexibility index (Phi) is 2.11. The van der Waals surface area contributed by atoms with Gasteiger partial charge in [-0.05, 0) is 25.1 Å². The maximum Gasteiger partial charge on any atom is 0.352 e. The number of hydrogen-bond donors (Lipinski definition) is 2. The van der Waals surface area contributed by atoms with Gasteiger partial charge >= 0.3 is 5.97 Å². The summed E-state index contributed by atoms with van der Waals surface area (Å²) in [5.41, 5.74) is 0.994. The average Bonchev–Trinajstić information content (AvgIpc) is 2.55. The zero-order valence-corrected chi connectivity index (χ0v) is 8.27. The first-order valence-electron chi connectivity index (χ1n) is 4.69. The number of aryl methyl sites for hydroxylation is 1. The quantitative estimate of drug-likeness (QED) is 0.788. The van der Waals surface area contributed by atoms with Crippen molar-refractivity contribution in [2.75, 3.05) is 0 Å². The number of phenolic OH excluding ortho intramolecular Hbond substituents is 1. The lowest BCUT2D eigenvalue weighted by Crippen LogP contribution is -2.06. The van der Waals surface area contributed by atoms with Crippen LogP contribution in [0.3, 0.4) is 0 Å². The van der Waals surface area contributed by atoms with Crippen molar-refractivity contribution in [2.24, 2.45) is 0 Å². The third-order valence-corrected chi connectivity index (χ3v) is 2.42.